The number of halogens is 2. The minimum absolute atomic E-state index is 0.171. The third kappa shape index (κ3) is 8.04. The summed E-state index contributed by atoms with van der Waals surface area (Å²) in [5.74, 6) is -6.90. The number of sulfonamides is 1. The number of nitrogens with zero attached hydrogens (tertiary/aromatic N) is 3. The number of amides is 4. The molecule has 15 nitrogen and oxygen atoms in total. The van der Waals surface area contributed by atoms with Crippen LogP contribution in [0.3, 0.4) is 0 Å². The second-order valence-electron chi connectivity index (χ2n) is 16.5. The summed E-state index contributed by atoms with van der Waals surface area (Å²) in [6.45, 7) is 6.49. The van der Waals surface area contributed by atoms with Crippen LogP contribution in [-0.2, 0) is 39.8 Å². The lowest BCUT2D eigenvalue weighted by molar-refractivity contribution is -0.143. The van der Waals surface area contributed by atoms with Gasteiger partial charge in [0.2, 0.25) is 27.7 Å². The summed E-state index contributed by atoms with van der Waals surface area (Å²) in [7, 11) is -3.94. The highest BCUT2D eigenvalue weighted by atomic mass is 32.2. The smallest absolute Gasteiger partial charge is 0.408 e. The number of para-hydroxylation sites is 2. The molecule has 7 rings (SSSR count). The monoisotopic (exact) mass is 802 g/mol. The molecule has 56 heavy (non-hydrogen) atoms. The number of nitrogens with one attached hydrogen (secondary N) is 3. The number of hydrogen-bond acceptors (Lipinski definition) is 11. The molecule has 1 saturated heterocycles. The van der Waals surface area contributed by atoms with Gasteiger partial charge in [0, 0.05) is 6.42 Å². The molecule has 1 aromatic heterocycles. The second-order valence-corrected chi connectivity index (χ2v) is 18.5. The molecule has 18 heteroatoms. The normalized spacial score (nSPS) is 31.4. The predicted molar refractivity (Wildman–Crippen MR) is 197 cm³/mol. The molecule has 3 aliphatic carbocycles. The predicted octanol–water partition coefficient (Wildman–Crippen LogP) is 3.61. The molecular weight excluding hydrogens is 755 g/mol. The number of rotatable bonds is 6. The Morgan fingerprint density at radius 1 is 1.04 bits per heavy atom. The molecule has 3 N–H and O–H groups in total. The van der Waals surface area contributed by atoms with Gasteiger partial charge in [-0.2, -0.15) is 8.78 Å². The summed E-state index contributed by atoms with van der Waals surface area (Å²) in [6.07, 6.45) is 1.46. The maximum absolute atomic E-state index is 16.1. The van der Waals surface area contributed by atoms with Gasteiger partial charge in [0.05, 0.1) is 35.5 Å². The Morgan fingerprint density at radius 3 is 2.39 bits per heavy atom. The van der Waals surface area contributed by atoms with Gasteiger partial charge in [-0.3, -0.25) is 19.1 Å². The first-order valence-electron chi connectivity index (χ1n) is 19.2. The van der Waals surface area contributed by atoms with E-state index in [4.69, 9.17) is 14.2 Å². The van der Waals surface area contributed by atoms with Crippen molar-refractivity contribution >= 4 is 44.9 Å². The lowest BCUT2D eigenvalue weighted by atomic mass is 9.85. The first-order chi connectivity index (χ1) is 26.4. The Balaban J connectivity index is 1.25. The Labute approximate surface area is 323 Å². The van der Waals surface area contributed by atoms with Crippen molar-refractivity contribution in [1.29, 1.82) is 0 Å². The van der Waals surface area contributed by atoms with Crippen LogP contribution in [0.2, 0.25) is 0 Å². The van der Waals surface area contributed by atoms with Crippen LogP contribution >= 0.6 is 0 Å². The molecular formula is C38H48F2N6O9S. The molecule has 0 spiro atoms. The van der Waals surface area contributed by atoms with Crippen LogP contribution in [0, 0.1) is 11.3 Å². The fourth-order valence-corrected chi connectivity index (χ4v) is 9.25. The minimum atomic E-state index is -3.94. The van der Waals surface area contributed by atoms with Gasteiger partial charge in [-0.05, 0) is 68.1 Å². The number of alkyl halides is 2. The molecule has 4 fully saturated rings. The van der Waals surface area contributed by atoms with E-state index in [-0.39, 0.29) is 42.9 Å². The van der Waals surface area contributed by atoms with Crippen LogP contribution in [0.5, 0.6) is 5.88 Å². The number of allylic oxidation sites excluding steroid dienone is 1. The molecule has 3 heterocycles. The van der Waals surface area contributed by atoms with Crippen LogP contribution in [0.4, 0.5) is 13.6 Å². The maximum Gasteiger partial charge on any atom is 0.408 e. The van der Waals surface area contributed by atoms with Gasteiger partial charge in [0.15, 0.2) is 5.69 Å². The van der Waals surface area contributed by atoms with Gasteiger partial charge in [0.25, 0.3) is 5.91 Å². The van der Waals surface area contributed by atoms with Crippen molar-refractivity contribution in [1.82, 2.24) is 30.2 Å². The zero-order valence-electron chi connectivity index (χ0n) is 31.8. The van der Waals surface area contributed by atoms with E-state index in [9.17, 15) is 27.6 Å². The lowest BCUT2D eigenvalue weighted by Gasteiger charge is -2.35. The van der Waals surface area contributed by atoms with E-state index in [1.165, 1.54) is 11.0 Å². The molecule has 3 saturated carbocycles. The van der Waals surface area contributed by atoms with Gasteiger partial charge in [-0.1, -0.05) is 52.3 Å². The second kappa shape index (κ2) is 14.8. The van der Waals surface area contributed by atoms with Gasteiger partial charge < -0.3 is 29.7 Å². The molecule has 0 unspecified atom stereocenters. The van der Waals surface area contributed by atoms with E-state index in [1.807, 2.05) is 6.92 Å². The molecule has 1 aromatic carbocycles. The summed E-state index contributed by atoms with van der Waals surface area (Å²) >= 11 is 0. The highest BCUT2D eigenvalue weighted by molar-refractivity contribution is 7.91. The fourth-order valence-electron chi connectivity index (χ4n) is 7.89. The van der Waals surface area contributed by atoms with Crippen molar-refractivity contribution in [3.8, 4) is 5.88 Å². The van der Waals surface area contributed by atoms with Gasteiger partial charge in [0.1, 0.15) is 29.8 Å². The molecule has 4 amide bonds. The zero-order valence-corrected chi connectivity index (χ0v) is 32.6. The third-order valence-corrected chi connectivity index (χ3v) is 13.1. The molecule has 0 radical (unpaired) electrons. The van der Waals surface area contributed by atoms with Crippen molar-refractivity contribution < 1.29 is 50.6 Å². The number of carbonyl (C=O) groups excluding carboxylic acids is 4. The Bertz CT molecular complexity index is 2040. The van der Waals surface area contributed by atoms with Crippen molar-refractivity contribution in [2.45, 2.75) is 126 Å². The number of carbonyl (C=O) groups is 4. The van der Waals surface area contributed by atoms with Crippen molar-refractivity contribution in [2.75, 3.05) is 13.2 Å². The van der Waals surface area contributed by atoms with Gasteiger partial charge in [-0.15, -0.1) is 0 Å². The largest absolute Gasteiger partial charge is 0.471 e. The van der Waals surface area contributed by atoms with Crippen LogP contribution in [-0.4, -0.2) is 101 Å². The number of fused-ring (bicyclic) bond motifs is 5. The van der Waals surface area contributed by atoms with Crippen molar-refractivity contribution in [3.05, 3.63) is 42.1 Å². The number of aromatic nitrogens is 2. The Hall–Kier alpha value is -4.45. The number of hydrogen-bond donors (Lipinski definition) is 3. The Kier molecular flexibility index (Phi) is 10.5. The number of ether oxygens (including phenoxy) is 3. The van der Waals surface area contributed by atoms with Gasteiger partial charge in [-0.25, -0.2) is 23.2 Å². The summed E-state index contributed by atoms with van der Waals surface area (Å²) < 4.78 is 77.5. The minimum Gasteiger partial charge on any atom is -0.471 e. The van der Waals surface area contributed by atoms with E-state index in [1.54, 1.807) is 39.0 Å². The maximum atomic E-state index is 16.1. The van der Waals surface area contributed by atoms with Crippen LogP contribution in [0.15, 0.2) is 36.4 Å². The van der Waals surface area contributed by atoms with Crippen LogP contribution in [0.25, 0.3) is 11.0 Å². The molecule has 2 aromatic rings. The lowest BCUT2D eigenvalue weighted by Crippen LogP contribution is -2.60. The number of benzene rings is 1. The SMILES string of the molecule is CC[C@@H]1C[C@@]1(NC(=O)[C@@H]1C[C@@H]2CN1C(=O)[C@H](C(C)(C)C)NC(=O)O[C@@H]1CCC[C@H]1OC/C=C/C(F)(F)c1nc3ccccc3nc1O2)C(=O)NS(=O)(=O)C1CC1. The van der Waals surface area contributed by atoms with E-state index < -0.39 is 97.9 Å². The first kappa shape index (κ1) is 39.8. The topological polar surface area (TPSA) is 195 Å². The summed E-state index contributed by atoms with van der Waals surface area (Å²) in [5, 5.41) is 4.79. The van der Waals surface area contributed by atoms with E-state index in [2.05, 4.69) is 25.3 Å². The quantitative estimate of drug-likeness (QED) is 0.361. The van der Waals surface area contributed by atoms with Crippen molar-refractivity contribution in [2.24, 2.45) is 11.3 Å². The molecule has 2 bridgehead atoms. The average molecular weight is 803 g/mol. The zero-order chi connectivity index (χ0) is 40.2. The highest BCUT2D eigenvalue weighted by Gasteiger charge is 2.62. The van der Waals surface area contributed by atoms with E-state index in [0.717, 1.165) is 6.08 Å². The average Bonchev–Trinajstić information content (AvgIpc) is 4.03. The summed E-state index contributed by atoms with van der Waals surface area (Å²) in [6, 6.07) is 3.86. The summed E-state index contributed by atoms with van der Waals surface area (Å²) in [5.41, 5.74) is -2.79. The van der Waals surface area contributed by atoms with Crippen LogP contribution in [0.1, 0.15) is 84.8 Å². The highest BCUT2D eigenvalue weighted by Crippen LogP contribution is 2.47. The summed E-state index contributed by atoms with van der Waals surface area (Å²) in [4.78, 5) is 65.8. The standard InChI is InChI=1S/C38H48F2N6O9S/c1-5-21-19-37(21,34(49)45-56(51,52)23-14-15-23)44-31(47)26-18-22-20-46(26)33(48)30(36(2,3)4)43-35(50)55-28-13-8-12-27(28)53-17-9-16-38(39,40)29-32(54-22)42-25-11-7-6-10-24(25)41-29/h6-7,9-11,16,21-23,26-28,30H,5,8,12-15,17-20H2,1-4H3,(H,43,50)(H,44,47)(H,45,49)/b16-9+/t21-,22-,26+,27-,28-,30-,37+/m1/s1. The molecule has 5 aliphatic rings. The molecule has 7 atom stereocenters. The Morgan fingerprint density at radius 2 is 1.73 bits per heavy atom. The first-order valence-corrected chi connectivity index (χ1v) is 20.7. The van der Waals surface area contributed by atoms with E-state index in [0.29, 0.717) is 44.6 Å². The third-order valence-electron chi connectivity index (χ3n) is 11.3. The molecule has 2 aliphatic heterocycles. The van der Waals surface area contributed by atoms with Crippen molar-refractivity contribution in [3.63, 3.8) is 0 Å². The van der Waals surface area contributed by atoms with Gasteiger partial charge >= 0.3 is 12.0 Å². The van der Waals surface area contributed by atoms with E-state index >= 15 is 8.78 Å². The van der Waals surface area contributed by atoms with Crippen LogP contribution < -0.4 is 20.1 Å². The number of alkyl carbamates (subject to hydrolysis) is 1. The fraction of sp³-hybridized carbons (Fsp3) is 0.632. The molecule has 304 valence electrons.